The molecule has 0 bridgehead atoms. The minimum atomic E-state index is -2.61. The van der Waals surface area contributed by atoms with Gasteiger partial charge in [0.1, 0.15) is 0 Å². The van der Waals surface area contributed by atoms with Crippen LogP contribution in [0.2, 0.25) is 0 Å². The molecule has 6 N–H and O–H groups in total. The highest BCUT2D eigenvalue weighted by molar-refractivity contribution is 7.53. The molecule has 0 aliphatic carbocycles. The summed E-state index contributed by atoms with van der Waals surface area (Å²) in [5, 5.41) is 15.8. The van der Waals surface area contributed by atoms with Gasteiger partial charge in [0.2, 0.25) is 0 Å². The Morgan fingerprint density at radius 2 is 1.17 bits per heavy atom. The van der Waals surface area contributed by atoms with Crippen molar-refractivity contribution in [2.45, 2.75) is 6.42 Å². The van der Waals surface area contributed by atoms with Crippen LogP contribution in [-0.4, -0.2) is 43.0 Å². The molecule has 0 rings (SSSR count). The lowest BCUT2D eigenvalue weighted by atomic mass is 10.5. The van der Waals surface area contributed by atoms with Gasteiger partial charge in [0.15, 0.2) is 0 Å². The van der Waals surface area contributed by atoms with Gasteiger partial charge in [-0.25, -0.2) is 4.31 Å². The minimum absolute atomic E-state index is 0.0938. The maximum absolute atomic E-state index is 7.91. The van der Waals surface area contributed by atoms with Gasteiger partial charge >= 0.3 is 17.2 Å². The van der Waals surface area contributed by atoms with Crippen LogP contribution >= 0.6 is 17.2 Å². The third kappa shape index (κ3) is 22.4. The van der Waals surface area contributed by atoms with Gasteiger partial charge in [0.05, 0.1) is 0 Å². The summed E-state index contributed by atoms with van der Waals surface area (Å²) in [6, 6.07) is 0. The molecule has 9 heteroatoms. The van der Waals surface area contributed by atoms with Crippen molar-refractivity contribution in [3.05, 3.63) is 0 Å². The van der Waals surface area contributed by atoms with Crippen LogP contribution in [0.15, 0.2) is 0 Å². The number of rotatable bonds is 4. The summed E-state index contributed by atoms with van der Waals surface area (Å²) in [7, 11) is -5.22. The molecule has 0 radical (unpaired) electrons. The van der Waals surface area contributed by atoms with Gasteiger partial charge in [0, 0.05) is 13.2 Å². The first-order valence-electron chi connectivity index (χ1n) is 2.80. The summed E-state index contributed by atoms with van der Waals surface area (Å²) in [4.78, 5) is 31.3. The van der Waals surface area contributed by atoms with Crippen LogP contribution in [-0.2, 0) is 4.31 Å². The van der Waals surface area contributed by atoms with E-state index in [1.807, 2.05) is 0 Å². The van der Waals surface area contributed by atoms with Crippen LogP contribution in [0.5, 0.6) is 0 Å². The zero-order valence-corrected chi connectivity index (χ0v) is 7.90. The fraction of sp³-hybridized carbons (Fsp3) is 1.00. The van der Waals surface area contributed by atoms with E-state index in [-0.39, 0.29) is 13.2 Å². The normalized spacial score (nSPS) is 10.0. The van der Waals surface area contributed by atoms with E-state index in [2.05, 4.69) is 4.31 Å². The summed E-state index contributed by atoms with van der Waals surface area (Å²) in [5.41, 5.74) is 0. The van der Waals surface area contributed by atoms with Crippen molar-refractivity contribution in [1.82, 2.24) is 0 Å². The van der Waals surface area contributed by atoms with Gasteiger partial charge in [0.25, 0.3) is 0 Å². The van der Waals surface area contributed by atoms with Crippen molar-refractivity contribution >= 4 is 17.2 Å². The Hall–Kier alpha value is 0.580. The smallest absolute Gasteiger partial charge is 0.334 e. The summed E-state index contributed by atoms with van der Waals surface area (Å²) in [6.07, 6.45) is 0.500. The molecule has 0 aromatic rings. The fourth-order valence-electron chi connectivity index (χ4n) is 0.136. The lowest BCUT2D eigenvalue weighted by Crippen LogP contribution is -1.85. The molecule has 0 amide bonds. The van der Waals surface area contributed by atoms with E-state index < -0.39 is 17.2 Å². The van der Waals surface area contributed by atoms with Crippen molar-refractivity contribution in [3.8, 4) is 0 Å². The molecule has 0 aromatic carbocycles. The fourth-order valence-corrected chi connectivity index (χ4v) is 0.659. The molecule has 7 nitrogen and oxygen atoms in total. The Morgan fingerprint density at radius 3 is 1.17 bits per heavy atom. The van der Waals surface area contributed by atoms with Gasteiger partial charge in [-0.15, -0.1) is 0 Å². The Kier molecular flexibility index (Phi) is 14.5. The largest absolute Gasteiger partial charge is 0.396 e. The second-order valence-corrected chi connectivity index (χ2v) is 3.05. The third-order valence-corrected chi connectivity index (χ3v) is 1.63. The number of aliphatic hydroxyl groups excluding tert-OH is 2. The second kappa shape index (κ2) is 11.6. The first-order valence-corrected chi connectivity index (χ1v) is 5.13. The molecule has 0 spiro atoms. The Labute approximate surface area is 71.9 Å². The average molecular weight is 222 g/mol. The van der Waals surface area contributed by atoms with E-state index >= 15 is 0 Å². The topological polar surface area (TPSA) is 131 Å². The number of aliphatic hydroxyl groups is 2. The van der Waals surface area contributed by atoms with Crippen LogP contribution in [0.1, 0.15) is 6.42 Å². The maximum Gasteiger partial charge on any atom is 0.334 e. The van der Waals surface area contributed by atoms with Gasteiger partial charge in [-0.1, -0.05) is 0 Å². The minimum Gasteiger partial charge on any atom is -0.396 e. The molecule has 0 unspecified atom stereocenters. The Balaban J connectivity index is 0. The molecular formula is C3H12O7P2. The van der Waals surface area contributed by atoms with Gasteiger partial charge in [-0.3, -0.25) is 0 Å². The van der Waals surface area contributed by atoms with Gasteiger partial charge < -0.3 is 29.8 Å². The van der Waals surface area contributed by atoms with Crippen LogP contribution in [0.3, 0.4) is 0 Å². The number of hydrogen-bond acceptors (Lipinski definition) is 7. The van der Waals surface area contributed by atoms with Crippen molar-refractivity contribution in [3.63, 3.8) is 0 Å². The molecule has 0 fully saturated rings. The molecule has 0 aliphatic rings. The lowest BCUT2D eigenvalue weighted by molar-refractivity contribution is 0.221. The zero-order valence-electron chi connectivity index (χ0n) is 6.11. The van der Waals surface area contributed by atoms with Crippen LogP contribution in [0, 0.1) is 0 Å². The highest BCUT2D eigenvalue weighted by Gasteiger charge is 2.05. The van der Waals surface area contributed by atoms with Crippen molar-refractivity contribution in [1.29, 1.82) is 0 Å². The molecule has 12 heavy (non-hydrogen) atoms. The molecule has 0 atom stereocenters. The third-order valence-electron chi connectivity index (χ3n) is 0.462. The van der Waals surface area contributed by atoms with Crippen molar-refractivity contribution in [2.24, 2.45) is 0 Å². The Bertz CT molecular complexity index is 71.1. The zero-order chi connectivity index (χ0) is 9.98. The predicted octanol–water partition coefficient (Wildman–Crippen LogP) is -1.21. The summed E-state index contributed by atoms with van der Waals surface area (Å²) < 4.78 is 3.60. The van der Waals surface area contributed by atoms with Gasteiger partial charge in [-0.2, -0.15) is 0 Å². The van der Waals surface area contributed by atoms with Crippen LogP contribution < -0.4 is 0 Å². The summed E-state index contributed by atoms with van der Waals surface area (Å²) in [6.45, 7) is 0.188. The van der Waals surface area contributed by atoms with Gasteiger partial charge in [-0.05, 0) is 6.42 Å². The average Bonchev–Trinajstić information content (AvgIpc) is 1.87. The summed E-state index contributed by atoms with van der Waals surface area (Å²) in [5.74, 6) is 0. The summed E-state index contributed by atoms with van der Waals surface area (Å²) >= 11 is 0. The Morgan fingerprint density at radius 1 is 0.833 bits per heavy atom. The highest BCUT2D eigenvalue weighted by atomic mass is 31.2. The highest BCUT2D eigenvalue weighted by Crippen LogP contribution is 2.41. The maximum atomic E-state index is 7.91. The molecule has 0 saturated carbocycles. The van der Waals surface area contributed by atoms with E-state index in [1.54, 1.807) is 0 Å². The van der Waals surface area contributed by atoms with Crippen molar-refractivity contribution in [2.75, 3.05) is 13.2 Å². The molecular weight excluding hydrogens is 210 g/mol. The molecule has 76 valence electrons. The monoisotopic (exact) mass is 222 g/mol. The lowest BCUT2D eigenvalue weighted by Gasteiger charge is -2.00. The molecule has 0 aromatic heterocycles. The predicted molar refractivity (Wildman–Crippen MR) is 42.6 cm³/mol. The van der Waals surface area contributed by atoms with Crippen LogP contribution in [0.25, 0.3) is 0 Å². The molecule has 0 saturated heterocycles. The molecule has 0 aliphatic heterocycles. The second-order valence-electron chi connectivity index (χ2n) is 1.39. The quantitative estimate of drug-likeness (QED) is 0.329. The van der Waals surface area contributed by atoms with E-state index in [0.717, 1.165) is 0 Å². The SMILES string of the molecule is OCCCO.OP(O)OP(O)O. The van der Waals surface area contributed by atoms with E-state index in [1.165, 1.54) is 0 Å². The van der Waals surface area contributed by atoms with E-state index in [4.69, 9.17) is 29.8 Å². The van der Waals surface area contributed by atoms with Crippen molar-refractivity contribution < 1.29 is 34.1 Å². The first kappa shape index (κ1) is 15.1. The first-order chi connectivity index (χ1) is 5.54. The number of hydrogen-bond donors (Lipinski definition) is 6. The molecule has 0 heterocycles. The van der Waals surface area contributed by atoms with E-state index in [9.17, 15) is 0 Å². The van der Waals surface area contributed by atoms with E-state index in [0.29, 0.717) is 6.42 Å². The van der Waals surface area contributed by atoms with Crippen LogP contribution in [0.4, 0.5) is 0 Å². The standard InChI is InChI=1S/C3H8O2.H4O5P2/c4-2-1-3-5;1-6(2)5-7(3)4/h4-5H,1-3H2;1-4H.